The monoisotopic (exact) mass is 290 g/mol. The summed E-state index contributed by atoms with van der Waals surface area (Å²) in [5.41, 5.74) is 0.614. The van der Waals surface area contributed by atoms with Gasteiger partial charge in [-0.1, -0.05) is 11.3 Å². The van der Waals surface area contributed by atoms with Crippen LogP contribution in [0.5, 0.6) is 0 Å². The molecule has 8 heteroatoms. The van der Waals surface area contributed by atoms with Gasteiger partial charge in [0.25, 0.3) is 9.05 Å². The third-order valence-electron chi connectivity index (χ3n) is 1.92. The van der Waals surface area contributed by atoms with E-state index in [0.29, 0.717) is 15.3 Å². The molecule has 0 unspecified atom stereocenters. The first-order valence-corrected chi connectivity index (χ1v) is 7.62. The highest BCUT2D eigenvalue weighted by Crippen LogP contribution is 2.29. The number of benzene rings is 1. The summed E-state index contributed by atoms with van der Waals surface area (Å²) in [6, 6.07) is 4.36. The molecule has 0 radical (unpaired) electrons. The highest BCUT2D eigenvalue weighted by Gasteiger charge is 2.12. The van der Waals surface area contributed by atoms with Crippen LogP contribution in [0.1, 0.15) is 6.92 Å². The lowest BCUT2D eigenvalue weighted by Gasteiger charge is -1.93. The molecule has 90 valence electrons. The number of fused-ring (bicyclic) bond motifs is 1. The lowest BCUT2D eigenvalue weighted by Crippen LogP contribution is -2.04. The number of amides is 1. The summed E-state index contributed by atoms with van der Waals surface area (Å²) in [6.45, 7) is 1.38. The molecule has 0 spiro atoms. The van der Waals surface area contributed by atoms with Crippen LogP contribution in [0.2, 0.25) is 0 Å². The average molecular weight is 291 g/mol. The van der Waals surface area contributed by atoms with Gasteiger partial charge in [-0.25, -0.2) is 13.4 Å². The molecule has 1 N–H and O–H groups in total. The molecule has 2 rings (SSSR count). The van der Waals surface area contributed by atoms with Gasteiger partial charge in [0.2, 0.25) is 5.91 Å². The maximum absolute atomic E-state index is 11.1. The van der Waals surface area contributed by atoms with Crippen LogP contribution in [0, 0.1) is 0 Å². The second kappa shape index (κ2) is 4.25. The van der Waals surface area contributed by atoms with Gasteiger partial charge in [-0.2, -0.15) is 0 Å². The minimum Gasteiger partial charge on any atom is -0.302 e. The van der Waals surface area contributed by atoms with Crippen LogP contribution in [-0.2, 0) is 13.8 Å². The lowest BCUT2D eigenvalue weighted by atomic mass is 10.3. The van der Waals surface area contributed by atoms with Crippen LogP contribution in [0.3, 0.4) is 0 Å². The summed E-state index contributed by atoms with van der Waals surface area (Å²) >= 11 is 1.19. The Labute approximate surface area is 106 Å². The summed E-state index contributed by atoms with van der Waals surface area (Å²) in [4.78, 5) is 15.0. The fourth-order valence-corrected chi connectivity index (χ4v) is 3.06. The quantitative estimate of drug-likeness (QED) is 0.860. The van der Waals surface area contributed by atoms with Gasteiger partial charge < -0.3 is 5.32 Å². The van der Waals surface area contributed by atoms with Crippen molar-refractivity contribution in [3.63, 3.8) is 0 Å². The first-order chi connectivity index (χ1) is 7.86. The summed E-state index contributed by atoms with van der Waals surface area (Å²) < 4.78 is 22.9. The number of carbonyl (C=O) groups excluding carboxylic acids is 1. The predicted octanol–water partition coefficient (Wildman–Crippen LogP) is 2.18. The van der Waals surface area contributed by atoms with Crippen molar-refractivity contribution in [2.24, 2.45) is 0 Å². The second-order valence-corrected chi connectivity index (χ2v) is 6.86. The van der Waals surface area contributed by atoms with Gasteiger partial charge in [0.05, 0.1) is 15.1 Å². The number of carbonyl (C=O) groups is 1. The number of rotatable bonds is 2. The van der Waals surface area contributed by atoms with Crippen molar-refractivity contribution in [3.8, 4) is 0 Å². The molecule has 1 amide bonds. The molecule has 0 aliphatic rings. The maximum Gasteiger partial charge on any atom is 0.261 e. The van der Waals surface area contributed by atoms with E-state index in [0.717, 1.165) is 0 Å². The molecule has 0 saturated carbocycles. The van der Waals surface area contributed by atoms with Gasteiger partial charge in [-0.15, -0.1) is 0 Å². The Morgan fingerprint density at radius 2 is 2.18 bits per heavy atom. The number of halogens is 1. The van der Waals surface area contributed by atoms with Crippen LogP contribution < -0.4 is 5.32 Å². The summed E-state index contributed by atoms with van der Waals surface area (Å²) in [5, 5.41) is 2.97. The van der Waals surface area contributed by atoms with Gasteiger partial charge in [0, 0.05) is 17.6 Å². The van der Waals surface area contributed by atoms with E-state index in [1.807, 2.05) is 0 Å². The summed E-state index contributed by atoms with van der Waals surface area (Å²) in [6.07, 6.45) is 0. The molecule has 0 aliphatic carbocycles. The smallest absolute Gasteiger partial charge is 0.261 e. The van der Waals surface area contributed by atoms with Crippen LogP contribution in [-0.4, -0.2) is 19.3 Å². The zero-order chi connectivity index (χ0) is 12.6. The Kier molecular flexibility index (Phi) is 3.07. The predicted molar refractivity (Wildman–Crippen MR) is 67.0 cm³/mol. The minimum absolute atomic E-state index is 0.0182. The molecular formula is C9H7ClN2O3S2. The molecule has 0 bridgehead atoms. The van der Waals surface area contributed by atoms with Crippen molar-refractivity contribution in [1.29, 1.82) is 0 Å². The first kappa shape index (κ1) is 12.3. The minimum atomic E-state index is -3.74. The summed E-state index contributed by atoms with van der Waals surface area (Å²) in [7, 11) is 1.49. The first-order valence-electron chi connectivity index (χ1n) is 4.49. The fraction of sp³-hybridized carbons (Fsp3) is 0.111. The molecule has 0 saturated heterocycles. The van der Waals surface area contributed by atoms with Crippen LogP contribution in [0.25, 0.3) is 10.2 Å². The van der Waals surface area contributed by atoms with Crippen LogP contribution >= 0.6 is 22.0 Å². The van der Waals surface area contributed by atoms with Gasteiger partial charge >= 0.3 is 0 Å². The normalized spacial score (nSPS) is 11.6. The second-order valence-electron chi connectivity index (χ2n) is 3.27. The maximum atomic E-state index is 11.1. The van der Waals surface area contributed by atoms with Crippen LogP contribution in [0.15, 0.2) is 23.1 Å². The number of thiazole rings is 1. The fourth-order valence-electron chi connectivity index (χ4n) is 1.26. The number of aromatic nitrogens is 1. The summed E-state index contributed by atoms with van der Waals surface area (Å²) in [5.74, 6) is -0.228. The Bertz CT molecular complexity index is 693. The van der Waals surface area contributed by atoms with E-state index in [1.54, 1.807) is 6.07 Å². The Hall–Kier alpha value is -1.18. The van der Waals surface area contributed by atoms with E-state index >= 15 is 0 Å². The molecule has 0 aliphatic heterocycles. The number of hydrogen-bond donors (Lipinski definition) is 1. The molecule has 17 heavy (non-hydrogen) atoms. The van der Waals surface area contributed by atoms with Crippen molar-refractivity contribution in [1.82, 2.24) is 4.98 Å². The van der Waals surface area contributed by atoms with Gasteiger partial charge in [0.1, 0.15) is 0 Å². The number of hydrogen-bond acceptors (Lipinski definition) is 5. The molecule has 1 aromatic heterocycles. The Morgan fingerprint density at radius 1 is 1.47 bits per heavy atom. The molecule has 1 aromatic carbocycles. The molecule has 5 nitrogen and oxygen atoms in total. The van der Waals surface area contributed by atoms with Gasteiger partial charge in [0.15, 0.2) is 5.13 Å². The topological polar surface area (TPSA) is 76.1 Å². The van der Waals surface area contributed by atoms with E-state index in [1.165, 1.54) is 30.4 Å². The third kappa shape index (κ3) is 2.74. The van der Waals surface area contributed by atoms with Crippen molar-refractivity contribution >= 4 is 52.3 Å². The van der Waals surface area contributed by atoms with Gasteiger partial charge in [-0.3, -0.25) is 4.79 Å². The van der Waals surface area contributed by atoms with Crippen molar-refractivity contribution in [2.45, 2.75) is 11.8 Å². The lowest BCUT2D eigenvalue weighted by molar-refractivity contribution is -0.114. The molecule has 0 fully saturated rings. The van der Waals surface area contributed by atoms with Crippen molar-refractivity contribution < 1.29 is 13.2 Å². The van der Waals surface area contributed by atoms with E-state index in [4.69, 9.17) is 10.7 Å². The van der Waals surface area contributed by atoms with E-state index in [9.17, 15) is 13.2 Å². The molecule has 2 aromatic rings. The molecule has 0 atom stereocenters. The average Bonchev–Trinajstić information content (AvgIpc) is 2.55. The van der Waals surface area contributed by atoms with Crippen molar-refractivity contribution in [3.05, 3.63) is 18.2 Å². The van der Waals surface area contributed by atoms with E-state index < -0.39 is 9.05 Å². The molecule has 1 heterocycles. The largest absolute Gasteiger partial charge is 0.302 e. The zero-order valence-electron chi connectivity index (χ0n) is 8.60. The van der Waals surface area contributed by atoms with E-state index in [-0.39, 0.29) is 10.8 Å². The van der Waals surface area contributed by atoms with E-state index in [2.05, 4.69) is 10.3 Å². The Morgan fingerprint density at radius 3 is 2.76 bits per heavy atom. The van der Waals surface area contributed by atoms with Crippen LogP contribution in [0.4, 0.5) is 5.13 Å². The zero-order valence-corrected chi connectivity index (χ0v) is 11.0. The SMILES string of the molecule is CC(=O)Nc1nc2ccc(S(=O)(=O)Cl)cc2s1. The highest BCUT2D eigenvalue weighted by molar-refractivity contribution is 8.13. The van der Waals surface area contributed by atoms with Gasteiger partial charge in [-0.05, 0) is 18.2 Å². The Balaban J connectivity index is 2.52. The highest BCUT2D eigenvalue weighted by atomic mass is 35.7. The molecular weight excluding hydrogens is 284 g/mol. The number of nitrogens with one attached hydrogen (secondary N) is 1. The standard InChI is InChI=1S/C9H7ClN2O3S2/c1-5(13)11-9-12-7-3-2-6(17(10,14)15)4-8(7)16-9/h2-4H,1H3,(H,11,12,13). The number of anilines is 1. The third-order valence-corrected chi connectivity index (χ3v) is 4.21. The number of nitrogens with zero attached hydrogens (tertiary/aromatic N) is 1. The van der Waals surface area contributed by atoms with Crippen molar-refractivity contribution in [2.75, 3.05) is 5.32 Å².